The van der Waals surface area contributed by atoms with Gasteiger partial charge < -0.3 is 5.11 Å². The topological polar surface area (TPSA) is 20.2 Å². The SMILES string of the molecule is O[C@@H]1CC=C[C@H]1c1ccsc1. The second-order valence-electron chi connectivity index (χ2n) is 2.81. The van der Waals surface area contributed by atoms with Crippen LogP contribution in [0.25, 0.3) is 0 Å². The Bertz CT molecular complexity index is 251. The highest BCUT2D eigenvalue weighted by molar-refractivity contribution is 7.08. The van der Waals surface area contributed by atoms with Crippen LogP contribution in [0.2, 0.25) is 0 Å². The zero-order valence-corrected chi connectivity index (χ0v) is 6.92. The van der Waals surface area contributed by atoms with Crippen molar-refractivity contribution in [3.63, 3.8) is 0 Å². The molecule has 0 saturated heterocycles. The van der Waals surface area contributed by atoms with Gasteiger partial charge in [-0.25, -0.2) is 0 Å². The third kappa shape index (κ3) is 1.24. The summed E-state index contributed by atoms with van der Waals surface area (Å²) in [6, 6.07) is 2.08. The normalized spacial score (nSPS) is 29.5. The average molecular weight is 166 g/mol. The fourth-order valence-corrected chi connectivity index (χ4v) is 2.14. The molecule has 0 saturated carbocycles. The van der Waals surface area contributed by atoms with E-state index in [-0.39, 0.29) is 12.0 Å². The molecule has 0 unspecified atom stereocenters. The molecule has 0 bridgehead atoms. The molecular formula is C9H10OS. The van der Waals surface area contributed by atoms with E-state index >= 15 is 0 Å². The lowest BCUT2D eigenvalue weighted by Crippen LogP contribution is -2.10. The summed E-state index contributed by atoms with van der Waals surface area (Å²) >= 11 is 1.68. The predicted octanol–water partition coefficient (Wildman–Crippen LogP) is 2.15. The molecule has 58 valence electrons. The standard InChI is InChI=1S/C9H10OS/c10-9-3-1-2-8(9)7-4-5-11-6-7/h1-2,4-6,8-10H,3H2/t8-,9+/m0/s1. The second kappa shape index (κ2) is 2.80. The van der Waals surface area contributed by atoms with E-state index in [4.69, 9.17) is 0 Å². The monoisotopic (exact) mass is 166 g/mol. The lowest BCUT2D eigenvalue weighted by molar-refractivity contribution is 0.171. The largest absolute Gasteiger partial charge is 0.392 e. The lowest BCUT2D eigenvalue weighted by atomic mass is 10.00. The van der Waals surface area contributed by atoms with E-state index in [0.29, 0.717) is 0 Å². The molecule has 0 radical (unpaired) electrons. The molecule has 0 aliphatic heterocycles. The highest BCUT2D eigenvalue weighted by Gasteiger charge is 2.21. The van der Waals surface area contributed by atoms with Crippen molar-refractivity contribution >= 4 is 11.3 Å². The van der Waals surface area contributed by atoms with Crippen LogP contribution in [0.15, 0.2) is 29.0 Å². The van der Waals surface area contributed by atoms with Crippen molar-refractivity contribution in [3.8, 4) is 0 Å². The van der Waals surface area contributed by atoms with Crippen molar-refractivity contribution in [1.82, 2.24) is 0 Å². The van der Waals surface area contributed by atoms with Crippen molar-refractivity contribution in [1.29, 1.82) is 0 Å². The molecule has 1 aliphatic rings. The van der Waals surface area contributed by atoms with E-state index in [0.717, 1.165) is 6.42 Å². The Labute approximate surface area is 70.0 Å². The minimum absolute atomic E-state index is 0.190. The van der Waals surface area contributed by atoms with Crippen molar-refractivity contribution in [2.75, 3.05) is 0 Å². The third-order valence-corrected chi connectivity index (χ3v) is 2.77. The summed E-state index contributed by atoms with van der Waals surface area (Å²) in [5, 5.41) is 13.7. The third-order valence-electron chi connectivity index (χ3n) is 2.06. The van der Waals surface area contributed by atoms with Gasteiger partial charge in [-0.15, -0.1) is 0 Å². The van der Waals surface area contributed by atoms with Gasteiger partial charge in [0.15, 0.2) is 0 Å². The van der Waals surface area contributed by atoms with E-state index in [2.05, 4.69) is 17.5 Å². The van der Waals surface area contributed by atoms with Gasteiger partial charge in [-0.3, -0.25) is 0 Å². The minimum atomic E-state index is -0.190. The van der Waals surface area contributed by atoms with Crippen LogP contribution in [0.1, 0.15) is 17.9 Å². The van der Waals surface area contributed by atoms with E-state index < -0.39 is 0 Å². The molecule has 0 amide bonds. The maximum atomic E-state index is 9.50. The van der Waals surface area contributed by atoms with Crippen molar-refractivity contribution in [3.05, 3.63) is 34.5 Å². The highest BCUT2D eigenvalue weighted by atomic mass is 32.1. The first-order chi connectivity index (χ1) is 5.38. The Kier molecular flexibility index (Phi) is 1.80. The summed E-state index contributed by atoms with van der Waals surface area (Å²) in [6.07, 6.45) is 4.75. The van der Waals surface area contributed by atoms with Crippen molar-refractivity contribution < 1.29 is 5.11 Å². The number of hydrogen-bond acceptors (Lipinski definition) is 2. The molecule has 11 heavy (non-hydrogen) atoms. The van der Waals surface area contributed by atoms with Gasteiger partial charge in [0, 0.05) is 5.92 Å². The Hall–Kier alpha value is -0.600. The summed E-state index contributed by atoms with van der Waals surface area (Å²) in [7, 11) is 0. The second-order valence-corrected chi connectivity index (χ2v) is 3.59. The minimum Gasteiger partial charge on any atom is -0.392 e. The summed E-state index contributed by atoms with van der Waals surface area (Å²) in [4.78, 5) is 0. The van der Waals surface area contributed by atoms with E-state index in [1.807, 2.05) is 11.5 Å². The maximum absolute atomic E-state index is 9.50. The number of thiophene rings is 1. The Balaban J connectivity index is 2.23. The van der Waals surface area contributed by atoms with Gasteiger partial charge in [0.25, 0.3) is 0 Å². The van der Waals surface area contributed by atoms with Gasteiger partial charge in [0.1, 0.15) is 0 Å². The number of hydrogen-bond donors (Lipinski definition) is 1. The van der Waals surface area contributed by atoms with Gasteiger partial charge in [0.2, 0.25) is 0 Å². The first-order valence-electron chi connectivity index (χ1n) is 3.75. The van der Waals surface area contributed by atoms with Crippen LogP contribution in [-0.2, 0) is 0 Å². The maximum Gasteiger partial charge on any atom is 0.0677 e. The molecule has 2 rings (SSSR count). The lowest BCUT2D eigenvalue weighted by Gasteiger charge is -2.10. The molecule has 2 atom stereocenters. The van der Waals surface area contributed by atoms with Crippen LogP contribution in [0.4, 0.5) is 0 Å². The highest BCUT2D eigenvalue weighted by Crippen LogP contribution is 2.29. The first-order valence-corrected chi connectivity index (χ1v) is 4.69. The van der Waals surface area contributed by atoms with Crippen LogP contribution < -0.4 is 0 Å². The predicted molar refractivity (Wildman–Crippen MR) is 46.8 cm³/mol. The molecule has 0 fully saturated rings. The van der Waals surface area contributed by atoms with Gasteiger partial charge in [-0.1, -0.05) is 12.2 Å². The molecule has 1 aromatic heterocycles. The van der Waals surface area contributed by atoms with E-state index in [1.54, 1.807) is 11.3 Å². The molecule has 1 heterocycles. The summed E-state index contributed by atoms with van der Waals surface area (Å²) in [6.45, 7) is 0. The van der Waals surface area contributed by atoms with Crippen LogP contribution in [-0.4, -0.2) is 11.2 Å². The smallest absolute Gasteiger partial charge is 0.0677 e. The zero-order valence-electron chi connectivity index (χ0n) is 6.10. The fraction of sp³-hybridized carbons (Fsp3) is 0.333. The van der Waals surface area contributed by atoms with E-state index in [9.17, 15) is 5.11 Å². The van der Waals surface area contributed by atoms with E-state index in [1.165, 1.54) is 5.56 Å². The molecule has 1 aromatic rings. The molecule has 1 nitrogen and oxygen atoms in total. The molecule has 2 heteroatoms. The fourth-order valence-electron chi connectivity index (χ4n) is 1.44. The van der Waals surface area contributed by atoms with Gasteiger partial charge in [-0.2, -0.15) is 11.3 Å². The van der Waals surface area contributed by atoms with Crippen LogP contribution >= 0.6 is 11.3 Å². The van der Waals surface area contributed by atoms with Crippen molar-refractivity contribution in [2.45, 2.75) is 18.4 Å². The Morgan fingerprint density at radius 2 is 2.45 bits per heavy atom. The quantitative estimate of drug-likeness (QED) is 0.634. The molecule has 1 N–H and O–H groups in total. The first kappa shape index (κ1) is 7.07. The van der Waals surface area contributed by atoms with Gasteiger partial charge in [-0.05, 0) is 28.8 Å². The van der Waals surface area contributed by atoms with Gasteiger partial charge >= 0.3 is 0 Å². The van der Waals surface area contributed by atoms with Crippen LogP contribution in [0.5, 0.6) is 0 Å². The summed E-state index contributed by atoms with van der Waals surface area (Å²) in [5.41, 5.74) is 1.25. The summed E-state index contributed by atoms with van der Waals surface area (Å²) in [5.74, 6) is 0.251. The van der Waals surface area contributed by atoms with Gasteiger partial charge in [0.05, 0.1) is 6.10 Å². The summed E-state index contributed by atoms with van der Waals surface area (Å²) < 4.78 is 0. The van der Waals surface area contributed by atoms with Crippen LogP contribution in [0, 0.1) is 0 Å². The average Bonchev–Trinajstić information content (AvgIpc) is 2.55. The Morgan fingerprint density at radius 3 is 3.00 bits per heavy atom. The van der Waals surface area contributed by atoms with Crippen molar-refractivity contribution in [2.24, 2.45) is 0 Å². The number of rotatable bonds is 1. The molecule has 0 aromatic carbocycles. The molecule has 1 aliphatic carbocycles. The number of aliphatic hydroxyl groups is 1. The molecular weight excluding hydrogens is 156 g/mol. The zero-order chi connectivity index (χ0) is 7.68. The number of aliphatic hydroxyl groups excluding tert-OH is 1. The molecule has 0 spiro atoms. The Morgan fingerprint density at radius 1 is 1.55 bits per heavy atom. The van der Waals surface area contributed by atoms with Crippen LogP contribution in [0.3, 0.4) is 0 Å².